The van der Waals surface area contributed by atoms with E-state index in [1.165, 1.54) is 5.56 Å². The predicted octanol–water partition coefficient (Wildman–Crippen LogP) is 4.26. The number of carbonyl (C=O) groups excluding carboxylic acids is 1. The summed E-state index contributed by atoms with van der Waals surface area (Å²) in [6.45, 7) is 2.22. The summed E-state index contributed by atoms with van der Waals surface area (Å²) < 4.78 is 1.76. The van der Waals surface area contributed by atoms with E-state index in [1.807, 2.05) is 43.6 Å². The molecule has 0 radical (unpaired) electrons. The van der Waals surface area contributed by atoms with E-state index >= 15 is 0 Å². The van der Waals surface area contributed by atoms with Gasteiger partial charge in [-0.3, -0.25) is 14.5 Å². The van der Waals surface area contributed by atoms with Gasteiger partial charge in [0.2, 0.25) is 0 Å². The SMILES string of the molecule is CN1CCC(c2cccc(C(=O)Cc3cc4nc(-c5cnn(C)c5)ccc4cn3)c2)CC1. The molecule has 6 nitrogen and oxygen atoms in total. The van der Waals surface area contributed by atoms with Crippen LogP contribution in [0.2, 0.25) is 0 Å². The predicted molar refractivity (Wildman–Crippen MR) is 126 cm³/mol. The average Bonchev–Trinajstić information content (AvgIpc) is 3.25. The molecule has 162 valence electrons. The van der Waals surface area contributed by atoms with E-state index in [0.29, 0.717) is 5.92 Å². The van der Waals surface area contributed by atoms with Gasteiger partial charge in [-0.15, -0.1) is 0 Å². The largest absolute Gasteiger partial charge is 0.306 e. The fourth-order valence-electron chi connectivity index (χ4n) is 4.44. The second-order valence-electron chi connectivity index (χ2n) is 8.77. The molecule has 1 aromatic carbocycles. The summed E-state index contributed by atoms with van der Waals surface area (Å²) in [7, 11) is 4.06. The fourth-order valence-corrected chi connectivity index (χ4v) is 4.44. The number of aryl methyl sites for hydroxylation is 1. The summed E-state index contributed by atoms with van der Waals surface area (Å²) in [6.07, 6.45) is 8.10. The van der Waals surface area contributed by atoms with Crippen molar-refractivity contribution in [3.63, 3.8) is 0 Å². The minimum absolute atomic E-state index is 0.0926. The highest BCUT2D eigenvalue weighted by molar-refractivity contribution is 5.97. The molecule has 0 atom stereocenters. The lowest BCUT2D eigenvalue weighted by Crippen LogP contribution is -2.29. The standard InChI is InChI=1S/C26H27N5O/c1-30-10-8-18(9-11-30)19-4-3-5-20(12-19)26(32)14-23-13-25-21(15-27-23)6-7-24(29-25)22-16-28-31(2)17-22/h3-7,12-13,15-18H,8-11,14H2,1-2H3. The Hall–Kier alpha value is -3.38. The number of carbonyl (C=O) groups is 1. The van der Waals surface area contributed by atoms with Crippen LogP contribution in [0, 0.1) is 0 Å². The number of nitrogens with zero attached hydrogens (tertiary/aromatic N) is 5. The molecule has 3 aromatic heterocycles. The van der Waals surface area contributed by atoms with Gasteiger partial charge in [0.25, 0.3) is 0 Å². The third-order valence-corrected chi connectivity index (χ3v) is 6.37. The van der Waals surface area contributed by atoms with Gasteiger partial charge >= 0.3 is 0 Å². The van der Waals surface area contributed by atoms with E-state index in [4.69, 9.17) is 4.98 Å². The third kappa shape index (κ3) is 4.32. The number of Topliss-reactive ketones (excluding diaryl/α,β-unsaturated/α-hetero) is 1. The van der Waals surface area contributed by atoms with Gasteiger partial charge in [0.05, 0.1) is 29.5 Å². The number of aromatic nitrogens is 4. The van der Waals surface area contributed by atoms with E-state index in [-0.39, 0.29) is 12.2 Å². The molecule has 0 amide bonds. The van der Waals surface area contributed by atoms with Crippen LogP contribution in [0.5, 0.6) is 0 Å². The normalized spacial score (nSPS) is 15.3. The molecule has 6 heteroatoms. The topological polar surface area (TPSA) is 63.9 Å². The van der Waals surface area contributed by atoms with Gasteiger partial charge in [-0.2, -0.15) is 5.10 Å². The Kier molecular flexibility index (Phi) is 5.53. The highest BCUT2D eigenvalue weighted by Gasteiger charge is 2.19. The van der Waals surface area contributed by atoms with Crippen LogP contribution < -0.4 is 0 Å². The number of hydrogen-bond acceptors (Lipinski definition) is 5. The second-order valence-corrected chi connectivity index (χ2v) is 8.77. The lowest BCUT2D eigenvalue weighted by molar-refractivity contribution is 0.0992. The number of ketones is 1. The molecule has 0 spiro atoms. The molecule has 0 aliphatic carbocycles. The summed E-state index contributed by atoms with van der Waals surface area (Å²) in [5.41, 5.74) is 5.44. The Labute approximate surface area is 187 Å². The Morgan fingerprint density at radius 3 is 2.69 bits per heavy atom. The number of likely N-dealkylation sites (tertiary alicyclic amines) is 1. The van der Waals surface area contributed by atoms with Crippen LogP contribution in [-0.2, 0) is 13.5 Å². The summed E-state index contributed by atoms with van der Waals surface area (Å²) in [4.78, 5) is 24.7. The molecule has 1 aliphatic heterocycles. The Balaban J connectivity index is 1.36. The molecule has 0 N–H and O–H groups in total. The number of benzene rings is 1. The molecular formula is C26H27N5O. The van der Waals surface area contributed by atoms with E-state index in [1.54, 1.807) is 17.1 Å². The first-order valence-corrected chi connectivity index (χ1v) is 11.1. The van der Waals surface area contributed by atoms with Crippen LogP contribution in [0.4, 0.5) is 0 Å². The summed E-state index contributed by atoms with van der Waals surface area (Å²) in [5.74, 6) is 0.628. The smallest absolute Gasteiger partial charge is 0.168 e. The molecule has 4 aromatic rings. The van der Waals surface area contributed by atoms with Crippen molar-refractivity contribution in [1.29, 1.82) is 0 Å². The van der Waals surface area contributed by atoms with Crippen LogP contribution in [-0.4, -0.2) is 50.6 Å². The number of piperidine rings is 1. The van der Waals surface area contributed by atoms with Crippen molar-refractivity contribution >= 4 is 16.7 Å². The minimum atomic E-state index is 0.0926. The number of pyridine rings is 2. The van der Waals surface area contributed by atoms with Gasteiger partial charge in [0, 0.05) is 36.0 Å². The van der Waals surface area contributed by atoms with Crippen LogP contribution in [0.1, 0.15) is 40.4 Å². The van der Waals surface area contributed by atoms with Crippen molar-refractivity contribution in [2.75, 3.05) is 20.1 Å². The number of hydrogen-bond donors (Lipinski definition) is 0. The van der Waals surface area contributed by atoms with Crippen molar-refractivity contribution in [2.45, 2.75) is 25.2 Å². The zero-order valence-electron chi connectivity index (χ0n) is 18.5. The fraction of sp³-hybridized carbons (Fsp3) is 0.308. The van der Waals surface area contributed by atoms with Gasteiger partial charge in [-0.1, -0.05) is 18.2 Å². The Bertz CT molecular complexity index is 1270. The molecule has 0 unspecified atom stereocenters. The Morgan fingerprint density at radius 1 is 1.06 bits per heavy atom. The maximum absolute atomic E-state index is 13.0. The number of fused-ring (bicyclic) bond motifs is 1. The van der Waals surface area contributed by atoms with Crippen LogP contribution in [0.15, 0.2) is 61.1 Å². The van der Waals surface area contributed by atoms with Crippen LogP contribution in [0.3, 0.4) is 0 Å². The van der Waals surface area contributed by atoms with Crippen molar-refractivity contribution in [3.8, 4) is 11.3 Å². The lowest BCUT2D eigenvalue weighted by Gasteiger charge is -2.29. The first-order valence-electron chi connectivity index (χ1n) is 11.1. The quantitative estimate of drug-likeness (QED) is 0.447. The van der Waals surface area contributed by atoms with Crippen molar-refractivity contribution in [2.24, 2.45) is 7.05 Å². The summed E-state index contributed by atoms with van der Waals surface area (Å²) >= 11 is 0. The molecule has 32 heavy (non-hydrogen) atoms. The third-order valence-electron chi connectivity index (χ3n) is 6.37. The summed E-state index contributed by atoms with van der Waals surface area (Å²) in [6, 6.07) is 14.1. The highest BCUT2D eigenvalue weighted by Crippen LogP contribution is 2.28. The monoisotopic (exact) mass is 425 g/mol. The van der Waals surface area contributed by atoms with Gasteiger partial charge in [-0.25, -0.2) is 4.98 Å². The van der Waals surface area contributed by atoms with Crippen molar-refractivity contribution in [1.82, 2.24) is 24.6 Å². The van der Waals surface area contributed by atoms with Gasteiger partial charge in [0.1, 0.15) is 0 Å². The van der Waals surface area contributed by atoms with Crippen LogP contribution >= 0.6 is 0 Å². The molecule has 1 aliphatic rings. The molecule has 1 fully saturated rings. The van der Waals surface area contributed by atoms with Gasteiger partial charge in [0.15, 0.2) is 5.78 Å². The van der Waals surface area contributed by atoms with E-state index in [0.717, 1.165) is 59.3 Å². The first kappa shape index (κ1) is 20.5. The number of rotatable bonds is 5. The van der Waals surface area contributed by atoms with Crippen molar-refractivity contribution < 1.29 is 4.79 Å². The highest BCUT2D eigenvalue weighted by atomic mass is 16.1. The molecule has 0 saturated carbocycles. The van der Waals surface area contributed by atoms with Crippen LogP contribution in [0.25, 0.3) is 22.2 Å². The zero-order chi connectivity index (χ0) is 22.1. The first-order chi connectivity index (χ1) is 15.5. The van der Waals surface area contributed by atoms with Gasteiger partial charge in [-0.05, 0) is 68.7 Å². The molecule has 1 saturated heterocycles. The molecule has 0 bridgehead atoms. The second kappa shape index (κ2) is 8.63. The zero-order valence-corrected chi connectivity index (χ0v) is 18.5. The maximum atomic E-state index is 13.0. The van der Waals surface area contributed by atoms with Gasteiger partial charge < -0.3 is 4.90 Å². The maximum Gasteiger partial charge on any atom is 0.168 e. The summed E-state index contributed by atoms with van der Waals surface area (Å²) in [5, 5.41) is 5.18. The van der Waals surface area contributed by atoms with E-state index < -0.39 is 0 Å². The van der Waals surface area contributed by atoms with Crippen molar-refractivity contribution in [3.05, 3.63) is 77.9 Å². The average molecular weight is 426 g/mol. The molecular weight excluding hydrogens is 398 g/mol. The minimum Gasteiger partial charge on any atom is -0.306 e. The molecule has 4 heterocycles. The molecule has 5 rings (SSSR count). The van der Waals surface area contributed by atoms with E-state index in [9.17, 15) is 4.79 Å². The Morgan fingerprint density at radius 2 is 1.91 bits per heavy atom. The lowest BCUT2D eigenvalue weighted by atomic mass is 9.88. The van der Waals surface area contributed by atoms with E-state index in [2.05, 4.69) is 34.2 Å².